The van der Waals surface area contributed by atoms with Crippen molar-refractivity contribution in [1.29, 1.82) is 0 Å². The van der Waals surface area contributed by atoms with Gasteiger partial charge in [0.25, 0.3) is 0 Å². The van der Waals surface area contributed by atoms with Crippen LogP contribution >= 0.6 is 23.4 Å². The molecule has 2 saturated heterocycles. The standard InChI is InChI=1S/C53H75ClN4O13S/c1-31-13-11-15-41(68-10)53(66)28-40(69-50(65)55-53)32(2)47-52(6,71-47)42(27-44(61)57(8)38-24-36(23-31)25-39(67-9)46(38)54)70-49(64)33(3)56(7)43(60)20-21-51(4,5)72-22-12-14-37-26-45(62)58(48(37)63)29-34-16-18-35(30-59)19-17-34/h11,13,15,24-26,30,32-35,40-42,47,62-63,66H,12,14,16-23,27-29H2,1-10H3,(H,55,65). The number of anilines is 1. The van der Waals surface area contributed by atoms with E-state index in [1.165, 1.54) is 31.1 Å². The SMILES string of the molecule is COc1cc2cc(c1Cl)N(C)C(=O)CC(OC(=O)C(C)N(C)C(=O)CCC(C)(C)SCCCc1cc(O)n(CC3CCC(C=O)CC3)c1O)C1(C)OC1C(C)C1CC(O)(NC(=O)O1)C(OC)C=CC=C(C)C2. The molecule has 72 heavy (non-hydrogen) atoms. The summed E-state index contributed by atoms with van der Waals surface area (Å²) in [6.45, 7) is 11.6. The Morgan fingerprint density at radius 3 is 2.51 bits per heavy atom. The zero-order valence-electron chi connectivity index (χ0n) is 43.4. The molecule has 1 aromatic carbocycles. The van der Waals surface area contributed by atoms with Crippen LogP contribution in [-0.2, 0) is 57.5 Å². The van der Waals surface area contributed by atoms with Gasteiger partial charge in [0.15, 0.2) is 17.5 Å². The summed E-state index contributed by atoms with van der Waals surface area (Å²) in [6, 6.07) is 4.15. The van der Waals surface area contributed by atoms with Crippen LogP contribution in [0.15, 0.2) is 42.0 Å². The Balaban J connectivity index is 1.12. The minimum atomic E-state index is -1.86. The number of carbonyl (C=O) groups excluding carboxylic acids is 5. The highest BCUT2D eigenvalue weighted by Gasteiger charge is 2.64. The number of epoxide rings is 1. The number of aldehydes is 1. The van der Waals surface area contributed by atoms with Crippen LogP contribution in [0.5, 0.6) is 17.5 Å². The van der Waals surface area contributed by atoms with Crippen molar-refractivity contribution >= 4 is 59.2 Å². The second-order valence-corrected chi connectivity index (χ2v) is 23.2. The monoisotopic (exact) mass is 1040 g/mol. The van der Waals surface area contributed by atoms with Crippen molar-refractivity contribution in [2.75, 3.05) is 39.0 Å². The van der Waals surface area contributed by atoms with Crippen molar-refractivity contribution in [2.45, 2.75) is 165 Å². The van der Waals surface area contributed by atoms with E-state index in [4.69, 9.17) is 35.3 Å². The van der Waals surface area contributed by atoms with Crippen molar-refractivity contribution in [2.24, 2.45) is 17.8 Å². The van der Waals surface area contributed by atoms with Crippen LogP contribution in [-0.4, -0.2) is 136 Å². The molecule has 19 heteroatoms. The molecular formula is C53H75ClN4O13S. The highest BCUT2D eigenvalue weighted by atomic mass is 35.5. The topological polar surface area (TPSA) is 219 Å². The number of nitrogens with one attached hydrogen (secondary N) is 1. The molecular weight excluding hydrogens is 968 g/mol. The lowest BCUT2D eigenvalue weighted by molar-refractivity contribution is -0.162. The molecule has 4 bridgehead atoms. The third-order valence-electron chi connectivity index (χ3n) is 15.2. The number of allylic oxidation sites excluding steroid dienone is 3. The smallest absolute Gasteiger partial charge is 0.409 e. The quantitative estimate of drug-likeness (QED) is 0.0550. The Morgan fingerprint density at radius 2 is 1.85 bits per heavy atom. The van der Waals surface area contributed by atoms with Crippen LogP contribution in [0.25, 0.3) is 0 Å². The first-order chi connectivity index (χ1) is 33.9. The van der Waals surface area contributed by atoms with E-state index < -0.39 is 65.7 Å². The van der Waals surface area contributed by atoms with E-state index in [0.717, 1.165) is 55.3 Å². The molecule has 0 spiro atoms. The molecule has 2 aromatic rings. The van der Waals surface area contributed by atoms with Gasteiger partial charge in [0, 0.05) is 68.8 Å². The van der Waals surface area contributed by atoms with Crippen molar-refractivity contribution in [3.63, 3.8) is 0 Å². The molecule has 4 heterocycles. The highest BCUT2D eigenvalue weighted by molar-refractivity contribution is 8.00. The van der Waals surface area contributed by atoms with Gasteiger partial charge in [-0.2, -0.15) is 11.8 Å². The second kappa shape index (κ2) is 23.6. The van der Waals surface area contributed by atoms with Crippen LogP contribution in [0.1, 0.15) is 110 Å². The number of likely N-dealkylation sites (N-methyl/N-ethyl adjacent to an activating group) is 1. The van der Waals surface area contributed by atoms with Crippen molar-refractivity contribution in [3.05, 3.63) is 58.1 Å². The number of aromatic hydroxyl groups is 2. The van der Waals surface area contributed by atoms with Crippen molar-refractivity contribution in [1.82, 2.24) is 14.8 Å². The second-order valence-electron chi connectivity index (χ2n) is 21.0. The number of carbonyl (C=O) groups is 5. The molecule has 6 rings (SSSR count). The molecule has 3 amide bonds. The zero-order chi connectivity index (χ0) is 52.9. The average Bonchev–Trinajstić information content (AvgIpc) is 3.97. The molecule has 1 aliphatic carbocycles. The van der Waals surface area contributed by atoms with Gasteiger partial charge in [-0.3, -0.25) is 19.5 Å². The summed E-state index contributed by atoms with van der Waals surface area (Å²) in [5.41, 5.74) is -0.366. The minimum Gasteiger partial charge on any atom is -0.495 e. The van der Waals surface area contributed by atoms with Crippen molar-refractivity contribution in [3.8, 4) is 17.5 Å². The number of hydrogen-bond donors (Lipinski definition) is 4. The van der Waals surface area contributed by atoms with Gasteiger partial charge < -0.3 is 53.6 Å². The third kappa shape index (κ3) is 13.3. The number of ether oxygens (including phenoxy) is 5. The number of aryl methyl sites for hydroxylation is 1. The molecule has 4 N–H and O–H groups in total. The van der Waals surface area contributed by atoms with Gasteiger partial charge in [-0.15, -0.1) is 0 Å². The number of rotatable bonds is 16. The van der Waals surface area contributed by atoms with Gasteiger partial charge >= 0.3 is 12.1 Å². The number of amides is 3. The maximum atomic E-state index is 14.4. The van der Waals surface area contributed by atoms with E-state index in [1.54, 1.807) is 74.5 Å². The third-order valence-corrected chi connectivity index (χ3v) is 17.1. The summed E-state index contributed by atoms with van der Waals surface area (Å²) in [6.07, 6.45) is 7.07. The van der Waals surface area contributed by atoms with Gasteiger partial charge in [-0.05, 0) is 102 Å². The number of aromatic nitrogens is 1. The van der Waals surface area contributed by atoms with E-state index in [-0.39, 0.29) is 58.5 Å². The number of hydrogen-bond acceptors (Lipinski definition) is 14. The molecule has 3 aliphatic heterocycles. The lowest BCUT2D eigenvalue weighted by Crippen LogP contribution is -2.63. The van der Waals surface area contributed by atoms with Gasteiger partial charge in [-0.25, -0.2) is 9.59 Å². The number of esters is 1. The molecule has 0 radical (unpaired) electrons. The summed E-state index contributed by atoms with van der Waals surface area (Å²) < 4.78 is 30.8. The van der Waals surface area contributed by atoms with E-state index >= 15 is 0 Å². The number of fused-ring (bicyclic) bond motifs is 5. The summed E-state index contributed by atoms with van der Waals surface area (Å²) in [4.78, 5) is 69.2. The lowest BCUT2D eigenvalue weighted by atomic mass is 9.83. The number of aliphatic hydroxyl groups is 1. The fourth-order valence-corrected chi connectivity index (χ4v) is 11.6. The maximum absolute atomic E-state index is 14.4. The first-order valence-corrected chi connectivity index (χ1v) is 26.3. The highest BCUT2D eigenvalue weighted by Crippen LogP contribution is 2.49. The number of halogens is 1. The predicted octanol–water partition coefficient (Wildman–Crippen LogP) is 7.66. The summed E-state index contributed by atoms with van der Waals surface area (Å²) in [5.74, 6) is -0.454. The van der Waals surface area contributed by atoms with Crippen LogP contribution in [0, 0.1) is 17.8 Å². The Labute approximate surface area is 432 Å². The molecule has 8 atom stereocenters. The number of thioether (sulfide) groups is 1. The normalized spacial score (nSPS) is 28.5. The fourth-order valence-electron chi connectivity index (χ4n) is 10.2. The zero-order valence-corrected chi connectivity index (χ0v) is 45.0. The molecule has 1 saturated carbocycles. The van der Waals surface area contributed by atoms with E-state index in [1.807, 2.05) is 13.0 Å². The van der Waals surface area contributed by atoms with E-state index in [2.05, 4.69) is 19.2 Å². The van der Waals surface area contributed by atoms with Gasteiger partial charge in [0.2, 0.25) is 11.8 Å². The average molecular weight is 1040 g/mol. The first kappa shape index (κ1) is 56.5. The Morgan fingerprint density at radius 1 is 1.14 bits per heavy atom. The minimum absolute atomic E-state index is 0.0348. The molecule has 3 fully saturated rings. The number of methoxy groups -OCH3 is 2. The molecule has 17 nitrogen and oxygen atoms in total. The lowest BCUT2D eigenvalue weighted by Gasteiger charge is -2.42. The van der Waals surface area contributed by atoms with Gasteiger partial charge in [-0.1, -0.05) is 56.2 Å². The van der Waals surface area contributed by atoms with E-state index in [0.29, 0.717) is 42.8 Å². The van der Waals surface area contributed by atoms with Crippen LogP contribution < -0.4 is 15.0 Å². The summed E-state index contributed by atoms with van der Waals surface area (Å²) in [5, 5.41) is 36.2. The molecule has 1 aromatic heterocycles. The number of alkyl carbamates (subject to hydrolysis) is 1. The predicted molar refractivity (Wildman–Crippen MR) is 274 cm³/mol. The van der Waals surface area contributed by atoms with Crippen LogP contribution in [0.4, 0.5) is 10.5 Å². The largest absolute Gasteiger partial charge is 0.495 e. The van der Waals surface area contributed by atoms with E-state index in [9.17, 15) is 39.3 Å². The Bertz CT molecular complexity index is 2370. The van der Waals surface area contributed by atoms with Gasteiger partial charge in [0.1, 0.15) is 47.0 Å². The molecule has 398 valence electrons. The maximum Gasteiger partial charge on any atom is 0.409 e. The van der Waals surface area contributed by atoms with Gasteiger partial charge in [0.05, 0.1) is 25.3 Å². The first-order valence-electron chi connectivity index (χ1n) is 25.0. The number of benzene rings is 1. The van der Waals surface area contributed by atoms with Crippen LogP contribution in [0.3, 0.4) is 0 Å². The Hall–Kier alpha value is -4.75. The van der Waals surface area contributed by atoms with Crippen molar-refractivity contribution < 1.29 is 63.0 Å². The summed E-state index contributed by atoms with van der Waals surface area (Å²) in [7, 11) is 6.03. The number of nitrogens with zero attached hydrogens (tertiary/aromatic N) is 3. The molecule has 8 unspecified atom stereocenters. The molecule has 4 aliphatic rings. The fraction of sp³-hybridized carbons (Fsp3) is 0.642. The van der Waals surface area contributed by atoms with Crippen LogP contribution in [0.2, 0.25) is 5.02 Å². The Kier molecular flexibility index (Phi) is 18.6. The summed E-state index contributed by atoms with van der Waals surface area (Å²) >= 11 is 8.54.